The lowest BCUT2D eigenvalue weighted by molar-refractivity contribution is -0.135. The van der Waals surface area contributed by atoms with Gasteiger partial charge < -0.3 is 10.2 Å². The van der Waals surface area contributed by atoms with Gasteiger partial charge in [0.15, 0.2) is 0 Å². The fourth-order valence-corrected chi connectivity index (χ4v) is 3.63. The van der Waals surface area contributed by atoms with Crippen molar-refractivity contribution in [2.75, 3.05) is 19.6 Å². The van der Waals surface area contributed by atoms with Crippen LogP contribution < -0.4 is 5.32 Å². The second-order valence-corrected chi connectivity index (χ2v) is 7.50. The van der Waals surface area contributed by atoms with Gasteiger partial charge in [-0.15, -0.1) is 0 Å². The molecule has 4 heteroatoms. The van der Waals surface area contributed by atoms with Crippen molar-refractivity contribution in [3.8, 4) is 0 Å². The summed E-state index contributed by atoms with van der Waals surface area (Å²) in [4.78, 5) is 27.0. The van der Waals surface area contributed by atoms with E-state index in [4.69, 9.17) is 0 Å². The van der Waals surface area contributed by atoms with Crippen LogP contribution in [0.25, 0.3) is 0 Å². The predicted octanol–water partition coefficient (Wildman–Crippen LogP) is 3.80. The average molecular weight is 359 g/mol. The maximum absolute atomic E-state index is 12.6. The highest BCUT2D eigenvalue weighted by molar-refractivity contribution is 5.82. The SMILES string of the molecule is CCCCC(CC)CNC(=O)C1CCCN(C(=O)Cc2ccccc2)C1. The van der Waals surface area contributed by atoms with Gasteiger partial charge >= 0.3 is 0 Å². The van der Waals surface area contributed by atoms with Gasteiger partial charge in [-0.05, 0) is 30.7 Å². The molecule has 2 amide bonds. The Hall–Kier alpha value is -1.84. The molecule has 144 valence electrons. The Labute approximate surface area is 158 Å². The van der Waals surface area contributed by atoms with Crippen LogP contribution in [-0.4, -0.2) is 36.3 Å². The summed E-state index contributed by atoms with van der Waals surface area (Å²) < 4.78 is 0. The van der Waals surface area contributed by atoms with E-state index in [1.54, 1.807) is 0 Å². The molecule has 1 aromatic carbocycles. The van der Waals surface area contributed by atoms with Gasteiger partial charge in [0.2, 0.25) is 11.8 Å². The summed E-state index contributed by atoms with van der Waals surface area (Å²) >= 11 is 0. The van der Waals surface area contributed by atoms with E-state index in [1.165, 1.54) is 19.3 Å². The third kappa shape index (κ3) is 6.47. The van der Waals surface area contributed by atoms with Crippen molar-refractivity contribution in [2.45, 2.75) is 58.8 Å². The topological polar surface area (TPSA) is 49.4 Å². The van der Waals surface area contributed by atoms with E-state index in [-0.39, 0.29) is 17.7 Å². The van der Waals surface area contributed by atoms with E-state index in [0.717, 1.165) is 37.9 Å². The van der Waals surface area contributed by atoms with Gasteiger partial charge in [-0.2, -0.15) is 0 Å². The van der Waals surface area contributed by atoms with Crippen LogP contribution in [-0.2, 0) is 16.0 Å². The summed E-state index contributed by atoms with van der Waals surface area (Å²) in [6.07, 6.45) is 6.92. The van der Waals surface area contributed by atoms with Gasteiger partial charge in [0.1, 0.15) is 0 Å². The van der Waals surface area contributed by atoms with Crippen molar-refractivity contribution in [3.63, 3.8) is 0 Å². The summed E-state index contributed by atoms with van der Waals surface area (Å²) in [6, 6.07) is 9.83. The molecule has 0 aliphatic carbocycles. The molecule has 1 aromatic rings. The van der Waals surface area contributed by atoms with Crippen LogP contribution in [0.1, 0.15) is 57.9 Å². The van der Waals surface area contributed by atoms with Crippen molar-refractivity contribution in [1.29, 1.82) is 0 Å². The van der Waals surface area contributed by atoms with E-state index < -0.39 is 0 Å². The van der Waals surface area contributed by atoms with Crippen LogP contribution >= 0.6 is 0 Å². The highest BCUT2D eigenvalue weighted by atomic mass is 16.2. The lowest BCUT2D eigenvalue weighted by atomic mass is 9.95. The molecule has 0 saturated carbocycles. The number of piperidine rings is 1. The molecule has 26 heavy (non-hydrogen) atoms. The Morgan fingerprint density at radius 1 is 1.23 bits per heavy atom. The number of carbonyl (C=O) groups is 2. The average Bonchev–Trinajstić information content (AvgIpc) is 2.68. The van der Waals surface area contributed by atoms with Crippen LogP contribution in [0.5, 0.6) is 0 Å². The number of rotatable bonds is 9. The lowest BCUT2D eigenvalue weighted by Crippen LogP contribution is -2.46. The standard InChI is InChI=1S/C22H34N2O2/c1-3-5-10-18(4-2)16-23-22(26)20-13-9-14-24(17-20)21(25)15-19-11-7-6-8-12-19/h6-8,11-12,18,20H,3-5,9-10,13-17H2,1-2H3,(H,23,26). The molecule has 2 atom stereocenters. The van der Waals surface area contributed by atoms with E-state index in [1.807, 2.05) is 35.2 Å². The van der Waals surface area contributed by atoms with Crippen LogP contribution in [0.4, 0.5) is 0 Å². The summed E-state index contributed by atoms with van der Waals surface area (Å²) in [7, 11) is 0. The Bertz CT molecular complexity index is 559. The zero-order valence-corrected chi connectivity index (χ0v) is 16.4. The second kappa shape index (κ2) is 11.0. The molecule has 0 bridgehead atoms. The number of likely N-dealkylation sites (tertiary alicyclic amines) is 1. The number of hydrogen-bond acceptors (Lipinski definition) is 2. The van der Waals surface area contributed by atoms with Gasteiger partial charge in [0.25, 0.3) is 0 Å². The molecular formula is C22H34N2O2. The van der Waals surface area contributed by atoms with Gasteiger partial charge in [-0.3, -0.25) is 9.59 Å². The lowest BCUT2D eigenvalue weighted by Gasteiger charge is -2.32. The maximum atomic E-state index is 12.6. The Balaban J connectivity index is 1.81. The molecule has 1 aliphatic heterocycles. The minimum absolute atomic E-state index is 0.0628. The zero-order chi connectivity index (χ0) is 18.8. The number of hydrogen-bond donors (Lipinski definition) is 1. The highest BCUT2D eigenvalue weighted by Gasteiger charge is 2.28. The number of amides is 2. The Morgan fingerprint density at radius 3 is 2.69 bits per heavy atom. The van der Waals surface area contributed by atoms with Crippen molar-refractivity contribution in [2.24, 2.45) is 11.8 Å². The maximum Gasteiger partial charge on any atom is 0.227 e. The molecular weight excluding hydrogens is 324 g/mol. The predicted molar refractivity (Wildman–Crippen MR) is 106 cm³/mol. The van der Waals surface area contributed by atoms with Crippen LogP contribution in [0.2, 0.25) is 0 Å². The quantitative estimate of drug-likeness (QED) is 0.730. The smallest absolute Gasteiger partial charge is 0.227 e. The molecule has 4 nitrogen and oxygen atoms in total. The number of carbonyl (C=O) groups excluding carboxylic acids is 2. The van der Waals surface area contributed by atoms with Gasteiger partial charge in [0, 0.05) is 19.6 Å². The Morgan fingerprint density at radius 2 is 2.00 bits per heavy atom. The van der Waals surface area contributed by atoms with Crippen LogP contribution in [0.15, 0.2) is 30.3 Å². The van der Waals surface area contributed by atoms with E-state index in [9.17, 15) is 9.59 Å². The summed E-state index contributed by atoms with van der Waals surface area (Å²) in [5.74, 6) is 0.755. The first-order valence-corrected chi connectivity index (χ1v) is 10.2. The first kappa shape index (κ1) is 20.5. The zero-order valence-electron chi connectivity index (χ0n) is 16.4. The van der Waals surface area contributed by atoms with E-state index >= 15 is 0 Å². The van der Waals surface area contributed by atoms with Gasteiger partial charge in [-0.1, -0.05) is 63.4 Å². The molecule has 1 N–H and O–H groups in total. The van der Waals surface area contributed by atoms with Crippen molar-refractivity contribution in [3.05, 3.63) is 35.9 Å². The first-order valence-electron chi connectivity index (χ1n) is 10.2. The van der Waals surface area contributed by atoms with Crippen LogP contribution in [0, 0.1) is 11.8 Å². The number of nitrogens with zero attached hydrogens (tertiary/aromatic N) is 1. The molecule has 1 aliphatic rings. The minimum atomic E-state index is -0.0628. The molecule has 1 heterocycles. The molecule has 2 rings (SSSR count). The summed E-state index contributed by atoms with van der Waals surface area (Å²) in [5, 5.41) is 3.14. The molecule has 2 unspecified atom stereocenters. The van der Waals surface area contributed by atoms with Gasteiger partial charge in [-0.25, -0.2) is 0 Å². The largest absolute Gasteiger partial charge is 0.356 e. The summed E-state index contributed by atoms with van der Waals surface area (Å²) in [6.45, 7) is 6.49. The monoisotopic (exact) mass is 358 g/mol. The molecule has 1 saturated heterocycles. The normalized spacial score (nSPS) is 18.4. The third-order valence-corrected chi connectivity index (χ3v) is 5.45. The van der Waals surface area contributed by atoms with Crippen molar-refractivity contribution >= 4 is 11.8 Å². The van der Waals surface area contributed by atoms with Crippen LogP contribution in [0.3, 0.4) is 0 Å². The Kier molecular flexibility index (Phi) is 8.66. The van der Waals surface area contributed by atoms with Crippen molar-refractivity contribution in [1.82, 2.24) is 10.2 Å². The second-order valence-electron chi connectivity index (χ2n) is 7.50. The molecule has 0 radical (unpaired) electrons. The summed E-state index contributed by atoms with van der Waals surface area (Å²) in [5.41, 5.74) is 1.03. The van der Waals surface area contributed by atoms with Gasteiger partial charge in [0.05, 0.1) is 12.3 Å². The van der Waals surface area contributed by atoms with E-state index in [0.29, 0.717) is 18.9 Å². The molecule has 1 fully saturated rings. The highest BCUT2D eigenvalue weighted by Crippen LogP contribution is 2.18. The fraction of sp³-hybridized carbons (Fsp3) is 0.636. The first-order chi connectivity index (χ1) is 12.6. The van der Waals surface area contributed by atoms with Crippen molar-refractivity contribution < 1.29 is 9.59 Å². The molecule has 0 spiro atoms. The number of unbranched alkanes of at least 4 members (excludes halogenated alkanes) is 1. The fourth-order valence-electron chi connectivity index (χ4n) is 3.63. The molecule has 0 aromatic heterocycles. The third-order valence-electron chi connectivity index (χ3n) is 5.45. The number of benzene rings is 1. The van der Waals surface area contributed by atoms with E-state index in [2.05, 4.69) is 19.2 Å². The minimum Gasteiger partial charge on any atom is -0.356 e. The number of nitrogens with one attached hydrogen (secondary N) is 1.